The van der Waals surface area contributed by atoms with E-state index in [-0.39, 0.29) is 59.9 Å². The van der Waals surface area contributed by atoms with Gasteiger partial charge in [0.05, 0.1) is 9.75 Å². The van der Waals surface area contributed by atoms with Crippen LogP contribution in [0.15, 0.2) is 72.8 Å². The lowest BCUT2D eigenvalue weighted by Gasteiger charge is -2.41. The van der Waals surface area contributed by atoms with E-state index in [0.29, 0.717) is 74.6 Å². The van der Waals surface area contributed by atoms with Gasteiger partial charge in [-0.1, -0.05) is 0 Å². The Hall–Kier alpha value is -6.72. The Labute approximate surface area is 750 Å². The van der Waals surface area contributed by atoms with E-state index in [1.165, 1.54) is 62.4 Å². The van der Waals surface area contributed by atoms with Crippen molar-refractivity contribution in [3.63, 3.8) is 0 Å². The number of ether oxygens (including phenoxy) is 2. The SMILES string of the molecule is Cc1cc(CCCC(F)(F)C(F)(F)C(F)(F)C(F)(F)C(F)(F)C(F)(F)F)c(-c2ccc(-c3ccc(-c4sc(C)cc4CCCC(F)(F)C(F)(F)C(F)(F)C(F)(F)C(F)(F)C(F)(F)F)s3)s2)s1.Cc1cc(OCC(F)(F)C(F)(F)C(F)(F)C(F)(F)C(F)(F)C(F)(F)C(F)(F)F)c(-c2ccc(-c3ccc(-c4sc(C)cc4OCC(F)(F)C(F)(F)C(F)(F)C(F)(F)C(F)(F)C(F)(F)C(F)(F)F)s3)s2)s1. The van der Waals surface area contributed by atoms with Gasteiger partial charge in [0.1, 0.15) is 11.5 Å². The number of hydrogen-bond donors (Lipinski definition) is 0. The molecule has 0 N–H and O–H groups in total. The van der Waals surface area contributed by atoms with Crippen molar-refractivity contribution in [2.24, 2.45) is 0 Å². The molecule has 8 heterocycles. The molecule has 0 bridgehead atoms. The zero-order chi connectivity index (χ0) is 106. The lowest BCUT2D eigenvalue weighted by atomic mass is 9.91. The van der Waals surface area contributed by atoms with Crippen LogP contribution in [0.25, 0.3) is 58.5 Å². The number of aryl methyl sites for hydroxylation is 6. The molecule has 66 heteroatoms. The topological polar surface area (TPSA) is 18.5 Å². The van der Waals surface area contributed by atoms with E-state index in [1.54, 1.807) is 0 Å². The minimum Gasteiger partial charge on any atom is -0.485 e. The Morgan fingerprint density at radius 1 is 0.191 bits per heavy atom. The van der Waals surface area contributed by atoms with Crippen LogP contribution in [-0.2, 0) is 12.8 Å². The first-order chi connectivity index (χ1) is 60.3. The van der Waals surface area contributed by atoms with E-state index in [2.05, 4.69) is 9.47 Å². The zero-order valence-corrected chi connectivity index (χ0v) is 71.4. The van der Waals surface area contributed by atoms with E-state index in [9.17, 15) is 246 Å². The first-order valence-electron chi connectivity index (χ1n) is 34.9. The van der Waals surface area contributed by atoms with Gasteiger partial charge in [0.15, 0.2) is 13.2 Å². The average molecular weight is 2230 g/mol. The summed E-state index contributed by atoms with van der Waals surface area (Å²) in [6.45, 7) is -1.06. The van der Waals surface area contributed by atoms with Gasteiger partial charge in [-0.25, -0.2) is 0 Å². The van der Waals surface area contributed by atoms with Gasteiger partial charge in [0, 0.05) is 81.1 Å². The molecule has 0 saturated carbocycles. The molecule has 0 radical (unpaired) electrons. The maximum Gasteiger partial charge on any atom is 0.460 e. The van der Waals surface area contributed by atoms with Gasteiger partial charge in [-0.15, -0.1) is 90.7 Å². The molecule has 0 fully saturated rings. The van der Waals surface area contributed by atoms with Crippen LogP contribution in [0.3, 0.4) is 0 Å². The molecule has 0 aliphatic rings. The van der Waals surface area contributed by atoms with Crippen molar-refractivity contribution in [1.29, 1.82) is 0 Å². The fourth-order valence-corrected chi connectivity index (χ4v) is 20.0. The smallest absolute Gasteiger partial charge is 0.460 e. The van der Waals surface area contributed by atoms with Crippen LogP contribution < -0.4 is 9.47 Å². The van der Waals surface area contributed by atoms with Crippen molar-refractivity contribution in [2.45, 2.75) is 221 Å². The molecule has 0 aromatic carbocycles. The lowest BCUT2D eigenvalue weighted by Crippen LogP contribution is -2.73. The minimum absolute atomic E-state index is 0.00151. The van der Waals surface area contributed by atoms with E-state index < -0.39 is 218 Å². The van der Waals surface area contributed by atoms with Gasteiger partial charge in [0.25, 0.3) is 0 Å². The third-order valence-corrected chi connectivity index (χ3v) is 28.5. The average Bonchev–Trinajstić information content (AvgIpc) is 0.833. The van der Waals surface area contributed by atoms with Crippen LogP contribution >= 0.6 is 90.7 Å². The number of alkyl halides is 56. The van der Waals surface area contributed by atoms with Crippen molar-refractivity contribution in [3.8, 4) is 70.0 Å². The van der Waals surface area contributed by atoms with E-state index >= 15 is 0 Å². The van der Waals surface area contributed by atoms with Crippen molar-refractivity contribution in [1.82, 2.24) is 0 Å². The molecule has 2 nitrogen and oxygen atoms in total. The predicted octanol–water partition coefficient (Wildman–Crippen LogP) is 34.7. The highest BCUT2D eigenvalue weighted by atomic mass is 32.1. The van der Waals surface area contributed by atoms with Crippen molar-refractivity contribution in [2.75, 3.05) is 13.2 Å². The Bertz CT molecular complexity index is 5150. The second kappa shape index (κ2) is 36.3. The quantitative estimate of drug-likeness (QED) is 0.0359. The van der Waals surface area contributed by atoms with Gasteiger partial charge in [-0.3, -0.25) is 0 Å². The maximum atomic E-state index is 14.6. The largest absolute Gasteiger partial charge is 0.485 e. The molecule has 0 aliphatic carbocycles. The fourth-order valence-electron chi connectivity index (χ4n) is 11.3. The standard InChI is InChI=1S/C36H24F26S4.C34H16F30O2S4/c1-15-13-17(5-3-11-25(37,38)27(41,42)29(45,46)31(49,50)33(53,54)35(57,58)59)23(63-15)21-9-7-19(65-21)20-8-10-22(66-20)24-18(14-16(2)64-24)6-4-12-26(39,40)28(43,44)30(47,48)32(51,52)34(55,56)36(60,61)62;1-11-7-13(65-9-21(35,36)23(39,40)25(43,44)27(47,48)29(51,52)31(55,56)33(59,60)61)19(67-11)17-5-3-15(69-17)16-4-6-18(70-16)20-14(8-12(2)68-20)66-10-22(37,38)24(41,42)26(45,46)28(49,50)30(53,54)32(57,58)34(62,63)64/h7-10,13-14H,3-6,11-12H2,1-2H3;3-8H,9-10H2,1-2H3. The Balaban J connectivity index is 0.000000371. The number of halogens is 56. The zero-order valence-electron chi connectivity index (χ0n) is 64.8. The monoisotopic (exact) mass is 2230 g/mol. The summed E-state index contributed by atoms with van der Waals surface area (Å²) in [7, 11) is 0. The molecule has 0 saturated heterocycles. The third-order valence-electron chi connectivity index (χ3n) is 18.8. The van der Waals surface area contributed by atoms with Crippen LogP contribution in [0.5, 0.6) is 11.5 Å². The van der Waals surface area contributed by atoms with Gasteiger partial charge in [-0.2, -0.15) is 246 Å². The number of hydrogen-bond acceptors (Lipinski definition) is 10. The van der Waals surface area contributed by atoms with Crippen molar-refractivity contribution in [3.05, 3.63) is 103 Å². The maximum absolute atomic E-state index is 14.6. The van der Waals surface area contributed by atoms with Crippen LogP contribution in [0.1, 0.15) is 56.3 Å². The first-order valence-corrected chi connectivity index (χ1v) is 41.4. The van der Waals surface area contributed by atoms with Gasteiger partial charge in [-0.05, 0) is 137 Å². The molecule has 8 aromatic heterocycles. The molecule has 8 aromatic rings. The molecular formula is C70H40F56O2S8. The highest BCUT2D eigenvalue weighted by molar-refractivity contribution is 7.29. The molecule has 0 amide bonds. The second-order valence-corrected chi connectivity index (χ2v) is 38.0. The first kappa shape index (κ1) is 116. The molecular weight excluding hydrogens is 2190 g/mol. The summed E-state index contributed by atoms with van der Waals surface area (Å²) in [4.78, 5) is 2.09. The summed E-state index contributed by atoms with van der Waals surface area (Å²) in [5.74, 6) is -173. The van der Waals surface area contributed by atoms with E-state index in [1.807, 2.05) is 0 Å². The highest BCUT2D eigenvalue weighted by Crippen LogP contribution is 2.69. The Morgan fingerprint density at radius 2 is 0.360 bits per heavy atom. The molecule has 136 heavy (non-hydrogen) atoms. The predicted molar refractivity (Wildman–Crippen MR) is 377 cm³/mol. The van der Waals surface area contributed by atoms with Crippen molar-refractivity contribution >= 4 is 90.7 Å². The molecule has 0 spiro atoms. The Morgan fingerprint density at radius 3 is 0.574 bits per heavy atom. The second-order valence-electron chi connectivity index (χ2n) is 28.6. The van der Waals surface area contributed by atoms with Crippen molar-refractivity contribution < 1.29 is 255 Å². The summed E-state index contributed by atoms with van der Waals surface area (Å²) in [6, 6.07) is 14.5. The molecule has 0 atom stereocenters. The van der Waals surface area contributed by atoms with Gasteiger partial charge < -0.3 is 9.47 Å². The van der Waals surface area contributed by atoms with E-state index in [4.69, 9.17) is 0 Å². The van der Waals surface area contributed by atoms with Gasteiger partial charge in [0.2, 0.25) is 0 Å². The van der Waals surface area contributed by atoms with E-state index in [0.717, 1.165) is 83.5 Å². The normalized spacial score (nSPS) is 15.1. The lowest BCUT2D eigenvalue weighted by molar-refractivity contribution is -0.453. The minimum atomic E-state index is -8.54. The van der Waals surface area contributed by atoms with Gasteiger partial charge >= 0.3 is 155 Å². The summed E-state index contributed by atoms with van der Waals surface area (Å²) in [5.41, 5.74) is 0.188. The fraction of sp³-hybridized carbons (Fsp3) is 0.543. The number of thiophene rings is 8. The third kappa shape index (κ3) is 19.2. The van der Waals surface area contributed by atoms with Crippen LogP contribution in [0.2, 0.25) is 0 Å². The van der Waals surface area contributed by atoms with Crippen LogP contribution in [0, 0.1) is 27.7 Å². The summed E-state index contributed by atoms with van der Waals surface area (Å²) in [6.07, 6.45) is -39.3. The molecule has 772 valence electrons. The summed E-state index contributed by atoms with van der Waals surface area (Å²) >= 11 is 6.24. The molecule has 8 rings (SSSR count). The summed E-state index contributed by atoms with van der Waals surface area (Å²) < 4.78 is 770. The molecule has 0 aliphatic heterocycles. The summed E-state index contributed by atoms with van der Waals surface area (Å²) in [5, 5.41) is 0. The van der Waals surface area contributed by atoms with Crippen LogP contribution in [-0.4, -0.2) is 168 Å². The molecule has 0 unspecified atom stereocenters. The Kier molecular flexibility index (Phi) is 31.0. The van der Waals surface area contributed by atoms with Crippen LogP contribution in [0.4, 0.5) is 246 Å². The highest BCUT2D eigenvalue weighted by Gasteiger charge is 2.97. The number of rotatable bonds is 38.